The molecule has 1 aliphatic rings. The van der Waals surface area contributed by atoms with E-state index in [1.54, 1.807) is 0 Å². The molecule has 3 heteroatoms. The van der Waals surface area contributed by atoms with E-state index >= 15 is 0 Å². The average Bonchev–Trinajstić information content (AvgIpc) is 2.49. The molecule has 1 aliphatic heterocycles. The van der Waals surface area contributed by atoms with Gasteiger partial charge in [0.15, 0.2) is 0 Å². The van der Waals surface area contributed by atoms with E-state index in [1.165, 1.54) is 5.56 Å². The molecule has 0 radical (unpaired) electrons. The van der Waals surface area contributed by atoms with Gasteiger partial charge in [-0.1, -0.05) is 25.1 Å². The van der Waals surface area contributed by atoms with Gasteiger partial charge < -0.3 is 10.1 Å². The van der Waals surface area contributed by atoms with Gasteiger partial charge in [0.05, 0.1) is 0 Å². The maximum absolute atomic E-state index is 5.79. The zero-order valence-electron chi connectivity index (χ0n) is 11.7. The largest absolute Gasteiger partial charge is 0.492 e. The second-order valence-corrected chi connectivity index (χ2v) is 5.58. The molecular weight excluding hydrogens is 224 g/mol. The highest BCUT2D eigenvalue weighted by atomic mass is 16.5. The monoisotopic (exact) mass is 248 g/mol. The highest BCUT2D eigenvalue weighted by Gasteiger charge is 2.22. The number of fused-ring (bicyclic) bond motifs is 1. The first-order chi connectivity index (χ1) is 8.61. The van der Waals surface area contributed by atoms with Gasteiger partial charge in [-0.15, -0.1) is 0 Å². The molecule has 0 amide bonds. The smallest absolute Gasteiger partial charge is 0.123 e. The van der Waals surface area contributed by atoms with E-state index in [4.69, 9.17) is 4.74 Å². The number of nitrogens with zero attached hydrogens (tertiary/aromatic N) is 1. The highest BCUT2D eigenvalue weighted by molar-refractivity contribution is 5.33. The molecule has 2 rings (SSSR count). The van der Waals surface area contributed by atoms with Crippen molar-refractivity contribution in [2.75, 3.05) is 26.2 Å². The number of nitrogens with one attached hydrogen (secondary N) is 1. The van der Waals surface area contributed by atoms with Crippen LogP contribution in [0.15, 0.2) is 24.3 Å². The molecule has 0 bridgehead atoms. The van der Waals surface area contributed by atoms with Gasteiger partial charge in [0.25, 0.3) is 0 Å². The number of rotatable bonds is 4. The predicted molar refractivity (Wildman–Crippen MR) is 75.0 cm³/mol. The van der Waals surface area contributed by atoms with Crippen molar-refractivity contribution in [3.8, 4) is 5.75 Å². The molecule has 18 heavy (non-hydrogen) atoms. The van der Waals surface area contributed by atoms with E-state index < -0.39 is 0 Å². The Morgan fingerprint density at radius 1 is 1.33 bits per heavy atom. The summed E-state index contributed by atoms with van der Waals surface area (Å²) >= 11 is 0. The topological polar surface area (TPSA) is 24.5 Å². The molecule has 0 atom stereocenters. The van der Waals surface area contributed by atoms with Crippen molar-refractivity contribution >= 4 is 0 Å². The third kappa shape index (κ3) is 3.47. The number of ether oxygens (including phenoxy) is 1. The summed E-state index contributed by atoms with van der Waals surface area (Å²) in [7, 11) is 0. The first-order valence-corrected chi connectivity index (χ1v) is 6.79. The summed E-state index contributed by atoms with van der Waals surface area (Å²) in [6.07, 6.45) is 0. The fraction of sp³-hybridized carbons (Fsp3) is 0.600. The zero-order valence-corrected chi connectivity index (χ0v) is 11.7. The highest BCUT2D eigenvalue weighted by Crippen LogP contribution is 2.23. The minimum Gasteiger partial charge on any atom is -0.492 e. The van der Waals surface area contributed by atoms with Crippen LogP contribution in [0.4, 0.5) is 0 Å². The summed E-state index contributed by atoms with van der Waals surface area (Å²) in [6.45, 7) is 11.5. The second kappa shape index (κ2) is 5.72. The number of hydrogen-bond donors (Lipinski definition) is 1. The normalized spacial score (nSPS) is 16.8. The Bertz CT molecular complexity index is 390. The molecular formula is C15H24N2O. The van der Waals surface area contributed by atoms with Crippen molar-refractivity contribution in [3.63, 3.8) is 0 Å². The molecule has 1 aromatic rings. The van der Waals surface area contributed by atoms with Crippen LogP contribution >= 0.6 is 0 Å². The van der Waals surface area contributed by atoms with Crippen molar-refractivity contribution in [2.24, 2.45) is 0 Å². The van der Waals surface area contributed by atoms with E-state index in [0.29, 0.717) is 0 Å². The molecule has 0 fully saturated rings. The van der Waals surface area contributed by atoms with Gasteiger partial charge in [-0.05, 0) is 26.5 Å². The maximum Gasteiger partial charge on any atom is 0.123 e. The molecule has 0 unspecified atom stereocenters. The Hall–Kier alpha value is -1.06. The Morgan fingerprint density at radius 3 is 2.89 bits per heavy atom. The van der Waals surface area contributed by atoms with Crippen molar-refractivity contribution in [3.05, 3.63) is 29.8 Å². The molecule has 100 valence electrons. The van der Waals surface area contributed by atoms with Gasteiger partial charge in [-0.25, -0.2) is 0 Å². The second-order valence-electron chi connectivity index (χ2n) is 5.58. The Labute approximate surface area is 110 Å². The molecule has 3 nitrogen and oxygen atoms in total. The predicted octanol–water partition coefficient (Wildman–Crippen LogP) is 2.27. The van der Waals surface area contributed by atoms with E-state index in [9.17, 15) is 0 Å². The van der Waals surface area contributed by atoms with E-state index in [-0.39, 0.29) is 5.54 Å². The number of benzene rings is 1. The van der Waals surface area contributed by atoms with Crippen LogP contribution in [0, 0.1) is 0 Å². The minimum atomic E-state index is 0.147. The third-order valence-corrected chi connectivity index (χ3v) is 3.31. The quantitative estimate of drug-likeness (QED) is 0.884. The lowest BCUT2D eigenvalue weighted by atomic mass is 10.0. The molecule has 1 N–H and O–H groups in total. The maximum atomic E-state index is 5.79. The van der Waals surface area contributed by atoms with Crippen LogP contribution in [-0.4, -0.2) is 36.7 Å². The SMILES string of the molecule is CCNC(C)(C)CN1CCOc2ccccc2C1. The summed E-state index contributed by atoms with van der Waals surface area (Å²) < 4.78 is 5.79. The van der Waals surface area contributed by atoms with Crippen molar-refractivity contribution in [2.45, 2.75) is 32.9 Å². The van der Waals surface area contributed by atoms with E-state index in [2.05, 4.69) is 49.2 Å². The molecule has 0 spiro atoms. The van der Waals surface area contributed by atoms with Gasteiger partial charge >= 0.3 is 0 Å². The van der Waals surface area contributed by atoms with Crippen molar-refractivity contribution in [1.29, 1.82) is 0 Å². The zero-order chi connectivity index (χ0) is 13.0. The summed E-state index contributed by atoms with van der Waals surface area (Å²) in [5.74, 6) is 1.04. The first-order valence-electron chi connectivity index (χ1n) is 6.79. The number of likely N-dealkylation sites (N-methyl/N-ethyl adjacent to an activating group) is 1. The third-order valence-electron chi connectivity index (χ3n) is 3.31. The van der Waals surface area contributed by atoms with E-state index in [0.717, 1.165) is 38.5 Å². The first kappa shape index (κ1) is 13.4. The van der Waals surface area contributed by atoms with Crippen LogP contribution in [0.3, 0.4) is 0 Å². The lowest BCUT2D eigenvalue weighted by molar-refractivity contribution is 0.178. The van der Waals surface area contributed by atoms with Crippen LogP contribution in [-0.2, 0) is 6.54 Å². The molecule has 1 aromatic carbocycles. The average molecular weight is 248 g/mol. The van der Waals surface area contributed by atoms with Crippen LogP contribution in [0.2, 0.25) is 0 Å². The molecule has 0 aliphatic carbocycles. The summed E-state index contributed by atoms with van der Waals surface area (Å²) in [4.78, 5) is 2.47. The van der Waals surface area contributed by atoms with Crippen LogP contribution in [0.1, 0.15) is 26.3 Å². The van der Waals surface area contributed by atoms with Crippen molar-refractivity contribution < 1.29 is 4.74 Å². The summed E-state index contributed by atoms with van der Waals surface area (Å²) in [5.41, 5.74) is 1.44. The lowest BCUT2D eigenvalue weighted by Gasteiger charge is -2.32. The number of para-hydroxylation sites is 1. The van der Waals surface area contributed by atoms with Crippen LogP contribution in [0.5, 0.6) is 5.75 Å². The minimum absolute atomic E-state index is 0.147. The van der Waals surface area contributed by atoms with Crippen LogP contribution in [0.25, 0.3) is 0 Å². The van der Waals surface area contributed by atoms with Gasteiger partial charge in [0, 0.05) is 30.7 Å². The summed E-state index contributed by atoms with van der Waals surface area (Å²) in [5, 5.41) is 3.53. The standard InChI is InChI=1S/C15H24N2O/c1-4-16-15(2,3)12-17-9-10-18-14-8-6-5-7-13(14)11-17/h5-8,16H,4,9-12H2,1-3H3. The van der Waals surface area contributed by atoms with Gasteiger partial charge in [0.2, 0.25) is 0 Å². The van der Waals surface area contributed by atoms with Crippen LogP contribution < -0.4 is 10.1 Å². The molecule has 0 aromatic heterocycles. The Balaban J connectivity index is 2.04. The van der Waals surface area contributed by atoms with E-state index in [1.807, 2.05) is 6.07 Å². The van der Waals surface area contributed by atoms with Gasteiger partial charge in [-0.3, -0.25) is 4.90 Å². The number of hydrogen-bond acceptors (Lipinski definition) is 3. The molecule has 0 saturated carbocycles. The fourth-order valence-corrected chi connectivity index (χ4v) is 2.61. The molecule has 1 heterocycles. The van der Waals surface area contributed by atoms with Crippen molar-refractivity contribution in [1.82, 2.24) is 10.2 Å². The Kier molecular flexibility index (Phi) is 4.25. The Morgan fingerprint density at radius 2 is 2.11 bits per heavy atom. The lowest BCUT2D eigenvalue weighted by Crippen LogP contribution is -2.49. The van der Waals surface area contributed by atoms with Gasteiger partial charge in [-0.2, -0.15) is 0 Å². The fourth-order valence-electron chi connectivity index (χ4n) is 2.61. The van der Waals surface area contributed by atoms with Gasteiger partial charge in [0.1, 0.15) is 12.4 Å². The summed E-state index contributed by atoms with van der Waals surface area (Å²) in [6, 6.07) is 8.35. The molecule has 0 saturated heterocycles.